The van der Waals surface area contributed by atoms with Gasteiger partial charge in [-0.1, -0.05) is 29.8 Å². The number of aromatic nitrogens is 4. The Kier molecular flexibility index (Phi) is 3.49. The average molecular weight is 306 g/mol. The molecule has 0 saturated heterocycles. The van der Waals surface area contributed by atoms with E-state index in [9.17, 15) is 0 Å². The van der Waals surface area contributed by atoms with Crippen LogP contribution in [-0.4, -0.2) is 26.4 Å². The van der Waals surface area contributed by atoms with Crippen molar-refractivity contribution < 1.29 is 0 Å². The molecule has 23 heavy (non-hydrogen) atoms. The molecule has 0 radical (unpaired) electrons. The number of fused-ring (bicyclic) bond motifs is 3. The summed E-state index contributed by atoms with van der Waals surface area (Å²) in [5, 5.41) is 13.7. The third kappa shape index (κ3) is 2.79. The molecule has 1 aliphatic carbocycles. The maximum absolute atomic E-state index is 4.44. The number of allylic oxidation sites excluding steroid dienone is 2. The Morgan fingerprint density at radius 1 is 1.30 bits per heavy atom. The molecule has 2 heterocycles. The number of hydrogen-bond donors (Lipinski definition) is 2. The third-order valence-electron chi connectivity index (χ3n) is 4.25. The van der Waals surface area contributed by atoms with Crippen LogP contribution in [0.25, 0.3) is 22.1 Å². The van der Waals surface area contributed by atoms with Gasteiger partial charge in [0.15, 0.2) is 5.65 Å². The van der Waals surface area contributed by atoms with Crippen molar-refractivity contribution in [2.24, 2.45) is 11.0 Å². The SMILES string of the molecule is CC1=CC[C@@H](/C=N/Nc2nnc3c(n2)[nH]c2ccccc23)CC1. The fraction of sp³-hybridized carbons (Fsp3) is 0.294. The molecular weight excluding hydrogens is 288 g/mol. The van der Waals surface area contributed by atoms with E-state index in [4.69, 9.17) is 0 Å². The molecule has 2 N–H and O–H groups in total. The van der Waals surface area contributed by atoms with E-state index >= 15 is 0 Å². The lowest BCUT2D eigenvalue weighted by atomic mass is 9.91. The van der Waals surface area contributed by atoms with Gasteiger partial charge in [0.05, 0.1) is 0 Å². The van der Waals surface area contributed by atoms with Gasteiger partial charge in [-0.15, -0.1) is 10.2 Å². The van der Waals surface area contributed by atoms with Crippen LogP contribution >= 0.6 is 0 Å². The van der Waals surface area contributed by atoms with Gasteiger partial charge in [0.1, 0.15) is 5.52 Å². The molecular formula is C17H18N6. The number of aromatic amines is 1. The van der Waals surface area contributed by atoms with Gasteiger partial charge in [0.25, 0.3) is 5.95 Å². The Labute approximate surface area is 133 Å². The van der Waals surface area contributed by atoms with E-state index in [0.29, 0.717) is 11.9 Å². The maximum Gasteiger partial charge on any atom is 0.265 e. The van der Waals surface area contributed by atoms with Crippen LogP contribution in [0.4, 0.5) is 5.95 Å². The molecule has 3 aromatic rings. The van der Waals surface area contributed by atoms with Crippen molar-refractivity contribution in [1.29, 1.82) is 0 Å². The summed E-state index contributed by atoms with van der Waals surface area (Å²) in [6.45, 7) is 2.18. The summed E-state index contributed by atoms with van der Waals surface area (Å²) < 4.78 is 0. The fourth-order valence-corrected chi connectivity index (χ4v) is 2.89. The van der Waals surface area contributed by atoms with E-state index in [1.54, 1.807) is 0 Å². The number of benzene rings is 1. The predicted molar refractivity (Wildman–Crippen MR) is 92.4 cm³/mol. The number of para-hydroxylation sites is 1. The Morgan fingerprint density at radius 3 is 3.09 bits per heavy atom. The molecule has 0 aliphatic heterocycles. The molecule has 2 aromatic heterocycles. The van der Waals surface area contributed by atoms with E-state index in [2.05, 4.69) is 43.7 Å². The van der Waals surface area contributed by atoms with Crippen LogP contribution in [0.1, 0.15) is 26.2 Å². The van der Waals surface area contributed by atoms with Gasteiger partial charge >= 0.3 is 0 Å². The van der Waals surface area contributed by atoms with Crippen molar-refractivity contribution in [3.8, 4) is 0 Å². The second kappa shape index (κ2) is 5.79. The standard InChI is InChI=1S/C17H18N6/c1-11-6-8-12(9-7-11)10-18-22-17-20-16-15(21-23-17)13-4-2-3-5-14(13)19-16/h2-6,10,12H,7-9H2,1H3,(H2,19,20,22,23)/b18-10+/t12-/m1/s1. The number of hydrazone groups is 1. The minimum Gasteiger partial charge on any atom is -0.338 e. The van der Waals surface area contributed by atoms with E-state index in [-0.39, 0.29) is 0 Å². The van der Waals surface area contributed by atoms with E-state index < -0.39 is 0 Å². The summed E-state index contributed by atoms with van der Waals surface area (Å²) in [7, 11) is 0. The minimum absolute atomic E-state index is 0.405. The highest BCUT2D eigenvalue weighted by atomic mass is 15.4. The number of nitrogens with zero attached hydrogens (tertiary/aromatic N) is 4. The van der Waals surface area contributed by atoms with E-state index in [0.717, 1.165) is 41.3 Å². The van der Waals surface area contributed by atoms with Crippen LogP contribution in [0.5, 0.6) is 0 Å². The molecule has 0 spiro atoms. The zero-order valence-corrected chi connectivity index (χ0v) is 13.0. The van der Waals surface area contributed by atoms with Crippen LogP contribution in [0.15, 0.2) is 41.0 Å². The van der Waals surface area contributed by atoms with Gasteiger partial charge in [-0.2, -0.15) is 10.1 Å². The molecule has 1 aromatic carbocycles. The molecule has 0 amide bonds. The summed E-state index contributed by atoms with van der Waals surface area (Å²) in [5.74, 6) is 0.888. The first-order valence-corrected chi connectivity index (χ1v) is 7.85. The fourth-order valence-electron chi connectivity index (χ4n) is 2.89. The number of hydrogen-bond acceptors (Lipinski definition) is 5. The second-order valence-electron chi connectivity index (χ2n) is 5.98. The van der Waals surface area contributed by atoms with Gasteiger partial charge in [-0.05, 0) is 38.2 Å². The summed E-state index contributed by atoms with van der Waals surface area (Å²) in [6, 6.07) is 7.97. The highest BCUT2D eigenvalue weighted by molar-refractivity contribution is 6.03. The lowest BCUT2D eigenvalue weighted by Gasteiger charge is -2.15. The summed E-state index contributed by atoms with van der Waals surface area (Å²) >= 11 is 0. The van der Waals surface area contributed by atoms with Crippen LogP contribution < -0.4 is 5.43 Å². The van der Waals surface area contributed by atoms with Crippen LogP contribution in [0.3, 0.4) is 0 Å². The Hall–Kier alpha value is -2.76. The molecule has 6 heteroatoms. The first-order valence-electron chi connectivity index (χ1n) is 7.85. The highest BCUT2D eigenvalue weighted by Gasteiger charge is 2.10. The summed E-state index contributed by atoms with van der Waals surface area (Å²) in [5.41, 5.74) is 6.86. The first-order chi connectivity index (χ1) is 11.3. The van der Waals surface area contributed by atoms with E-state index in [1.807, 2.05) is 30.5 Å². The third-order valence-corrected chi connectivity index (χ3v) is 4.25. The zero-order chi connectivity index (χ0) is 15.6. The number of H-pyrrole nitrogens is 1. The topological polar surface area (TPSA) is 78.8 Å². The van der Waals surface area contributed by atoms with Crippen molar-refractivity contribution in [3.63, 3.8) is 0 Å². The van der Waals surface area contributed by atoms with Gasteiger partial charge in [-0.25, -0.2) is 5.43 Å². The summed E-state index contributed by atoms with van der Waals surface area (Å²) in [6.07, 6.45) is 7.58. The highest BCUT2D eigenvalue weighted by Crippen LogP contribution is 2.22. The van der Waals surface area contributed by atoms with Crippen molar-refractivity contribution in [3.05, 3.63) is 35.9 Å². The zero-order valence-electron chi connectivity index (χ0n) is 13.0. The normalized spacial score (nSPS) is 18.7. The first kappa shape index (κ1) is 13.9. The molecule has 1 atom stereocenters. The monoisotopic (exact) mass is 306 g/mol. The van der Waals surface area contributed by atoms with Gasteiger partial charge in [0, 0.05) is 17.1 Å². The van der Waals surface area contributed by atoms with Crippen molar-refractivity contribution in [1.82, 2.24) is 20.2 Å². The van der Waals surface area contributed by atoms with Gasteiger partial charge in [0.2, 0.25) is 0 Å². The molecule has 0 fully saturated rings. The molecule has 0 bridgehead atoms. The molecule has 1 aliphatic rings. The predicted octanol–water partition coefficient (Wildman–Crippen LogP) is 3.65. The smallest absolute Gasteiger partial charge is 0.265 e. The number of anilines is 1. The molecule has 0 saturated carbocycles. The Morgan fingerprint density at radius 2 is 2.22 bits per heavy atom. The molecule has 0 unspecified atom stereocenters. The van der Waals surface area contributed by atoms with Crippen molar-refractivity contribution >= 4 is 34.2 Å². The lowest BCUT2D eigenvalue weighted by molar-refractivity contribution is 0.607. The largest absolute Gasteiger partial charge is 0.338 e. The van der Waals surface area contributed by atoms with Crippen LogP contribution in [-0.2, 0) is 0 Å². The summed E-state index contributed by atoms with van der Waals surface area (Å²) in [4.78, 5) is 7.69. The van der Waals surface area contributed by atoms with Gasteiger partial charge < -0.3 is 4.98 Å². The van der Waals surface area contributed by atoms with Crippen molar-refractivity contribution in [2.45, 2.75) is 26.2 Å². The lowest BCUT2D eigenvalue weighted by Crippen LogP contribution is -2.07. The molecule has 6 nitrogen and oxygen atoms in total. The van der Waals surface area contributed by atoms with Crippen LogP contribution in [0, 0.1) is 5.92 Å². The Balaban J connectivity index is 1.52. The maximum atomic E-state index is 4.44. The van der Waals surface area contributed by atoms with Crippen molar-refractivity contribution in [2.75, 3.05) is 5.43 Å². The van der Waals surface area contributed by atoms with Crippen LogP contribution in [0.2, 0.25) is 0 Å². The van der Waals surface area contributed by atoms with E-state index in [1.165, 1.54) is 5.57 Å². The number of nitrogens with one attached hydrogen (secondary N) is 2. The second-order valence-corrected chi connectivity index (χ2v) is 5.98. The molecule has 116 valence electrons. The number of rotatable bonds is 3. The average Bonchev–Trinajstić information content (AvgIpc) is 2.94. The Bertz CT molecular complexity index is 908. The van der Waals surface area contributed by atoms with Gasteiger partial charge in [-0.3, -0.25) is 0 Å². The quantitative estimate of drug-likeness (QED) is 0.440. The minimum atomic E-state index is 0.405. The molecule has 4 rings (SSSR count).